The molecule has 0 radical (unpaired) electrons. The van der Waals surface area contributed by atoms with E-state index in [0.717, 1.165) is 99.6 Å². The van der Waals surface area contributed by atoms with Crippen LogP contribution in [-0.4, -0.2) is 33.1 Å². The molecule has 0 aliphatic heterocycles. The van der Waals surface area contributed by atoms with Gasteiger partial charge in [-0.3, -0.25) is 29.1 Å². The SMILES string of the molecule is C[C@]12CCC(=O)C=C1CC[C@@H]1[C@@H]2CC[C@]2(C)C(=O)/C(=C/c3ccccn3)C[C@@H]12.C[C@]12CCC(=O)C=C1CC[C@@H]1[C@@H]2CC[C@]2(C)C(=O)/C(=C/c3ccccn3)C[C@@H]12. The van der Waals surface area contributed by atoms with Gasteiger partial charge in [0, 0.05) is 36.1 Å². The van der Waals surface area contributed by atoms with Gasteiger partial charge in [0.05, 0.1) is 11.4 Å². The molecule has 6 nitrogen and oxygen atoms in total. The van der Waals surface area contributed by atoms with Crippen LogP contribution in [0.25, 0.3) is 12.2 Å². The van der Waals surface area contributed by atoms with Crippen molar-refractivity contribution in [3.8, 4) is 0 Å². The quantitative estimate of drug-likeness (QED) is 0.284. The summed E-state index contributed by atoms with van der Waals surface area (Å²) in [6.07, 6.45) is 25.2. The van der Waals surface area contributed by atoms with Crippen molar-refractivity contribution in [2.75, 3.05) is 0 Å². The number of Topliss-reactive ketones (excluding diaryl/α,β-unsaturated/α-hetero) is 2. The molecular formula is C50H58N2O4. The molecule has 10 rings (SSSR count). The van der Waals surface area contributed by atoms with Crippen LogP contribution in [0.15, 0.2) is 83.2 Å². The van der Waals surface area contributed by atoms with Gasteiger partial charge in [0.2, 0.25) is 0 Å². The Morgan fingerprint density at radius 2 is 0.946 bits per heavy atom. The summed E-state index contributed by atoms with van der Waals surface area (Å²) in [6.45, 7) is 9.22. The van der Waals surface area contributed by atoms with E-state index in [9.17, 15) is 19.2 Å². The van der Waals surface area contributed by atoms with Crippen molar-refractivity contribution in [1.29, 1.82) is 0 Å². The van der Waals surface area contributed by atoms with Gasteiger partial charge in [-0.15, -0.1) is 0 Å². The first-order valence-electron chi connectivity index (χ1n) is 21.6. The summed E-state index contributed by atoms with van der Waals surface area (Å²) < 4.78 is 0. The van der Waals surface area contributed by atoms with Crippen molar-refractivity contribution in [2.24, 2.45) is 57.2 Å². The van der Waals surface area contributed by atoms with E-state index in [1.807, 2.05) is 60.7 Å². The molecule has 10 atom stereocenters. The maximum atomic E-state index is 13.4. The highest BCUT2D eigenvalue weighted by molar-refractivity contribution is 6.06. The predicted molar refractivity (Wildman–Crippen MR) is 219 cm³/mol. The normalized spacial score (nSPS) is 41.3. The van der Waals surface area contributed by atoms with Gasteiger partial charge in [-0.05, 0) is 183 Å². The fourth-order valence-electron chi connectivity index (χ4n) is 14.0. The van der Waals surface area contributed by atoms with Gasteiger partial charge < -0.3 is 0 Å². The van der Waals surface area contributed by atoms with Crippen molar-refractivity contribution in [3.05, 3.63) is 94.6 Å². The van der Waals surface area contributed by atoms with E-state index in [4.69, 9.17) is 0 Å². The van der Waals surface area contributed by atoms with Gasteiger partial charge in [-0.1, -0.05) is 51.0 Å². The highest BCUT2D eigenvalue weighted by Crippen LogP contribution is 2.66. The fraction of sp³-hybridized carbons (Fsp3) is 0.560. The molecular weight excluding hydrogens is 693 g/mol. The third-order valence-electron chi connectivity index (χ3n) is 17.2. The van der Waals surface area contributed by atoms with Gasteiger partial charge in [-0.2, -0.15) is 0 Å². The first-order valence-corrected chi connectivity index (χ1v) is 21.6. The van der Waals surface area contributed by atoms with Crippen molar-refractivity contribution < 1.29 is 19.2 Å². The third-order valence-corrected chi connectivity index (χ3v) is 17.2. The fourth-order valence-corrected chi connectivity index (χ4v) is 14.0. The van der Waals surface area contributed by atoms with Crippen LogP contribution in [0, 0.1) is 57.2 Å². The summed E-state index contributed by atoms with van der Waals surface area (Å²) in [5.41, 5.74) is 6.38. The standard InChI is InChI=1S/2C25H29NO2/c2*1-24-10-8-19(27)15-17(24)6-7-20-21(24)9-11-25(2)22(20)14-16(23(25)28)13-18-5-3-4-12-26-18/h2*3-5,12-13,15,20-22H,6-11,14H2,1-2H3/b2*16-13+/t2*20-,21+,22+,24+,25+/m11/s1. The van der Waals surface area contributed by atoms with Crippen LogP contribution in [0.4, 0.5) is 0 Å². The van der Waals surface area contributed by atoms with Crippen molar-refractivity contribution in [2.45, 2.75) is 118 Å². The van der Waals surface area contributed by atoms with Crippen LogP contribution in [0.2, 0.25) is 0 Å². The molecule has 0 bridgehead atoms. The zero-order valence-corrected chi connectivity index (χ0v) is 33.8. The lowest BCUT2D eigenvalue weighted by Crippen LogP contribution is -2.50. The van der Waals surface area contributed by atoms with Gasteiger partial charge in [0.15, 0.2) is 23.1 Å². The van der Waals surface area contributed by atoms with Crippen molar-refractivity contribution >= 4 is 35.3 Å². The summed E-state index contributed by atoms with van der Waals surface area (Å²) >= 11 is 0. The minimum atomic E-state index is -0.218. The molecule has 2 heterocycles. The lowest BCUT2D eigenvalue weighted by Gasteiger charge is -2.56. The highest BCUT2D eigenvalue weighted by atomic mass is 16.1. The summed E-state index contributed by atoms with van der Waals surface area (Å²) in [4.78, 5) is 59.6. The summed E-state index contributed by atoms with van der Waals surface area (Å²) in [6, 6.07) is 11.7. The molecule has 56 heavy (non-hydrogen) atoms. The molecule has 6 fully saturated rings. The van der Waals surface area contributed by atoms with Gasteiger partial charge in [0.25, 0.3) is 0 Å². The van der Waals surface area contributed by atoms with Crippen molar-refractivity contribution in [1.82, 2.24) is 9.97 Å². The second kappa shape index (κ2) is 13.8. The molecule has 0 unspecified atom stereocenters. The molecule has 2 aromatic rings. The lowest BCUT2D eigenvalue weighted by atomic mass is 9.47. The minimum Gasteiger partial charge on any atom is -0.295 e. The Bertz CT molecular complexity index is 1950. The Kier molecular flexibility index (Phi) is 9.25. The van der Waals surface area contributed by atoms with Crippen LogP contribution in [0.3, 0.4) is 0 Å². The molecule has 0 amide bonds. The average molecular weight is 751 g/mol. The Hall–Kier alpha value is -4.06. The molecule has 6 saturated carbocycles. The number of nitrogens with zero attached hydrogens (tertiary/aromatic N) is 2. The van der Waals surface area contributed by atoms with Crippen LogP contribution in [0.5, 0.6) is 0 Å². The van der Waals surface area contributed by atoms with Gasteiger partial charge >= 0.3 is 0 Å². The van der Waals surface area contributed by atoms with E-state index < -0.39 is 0 Å². The number of aromatic nitrogens is 2. The number of carbonyl (C=O) groups excluding carboxylic acids is 4. The Morgan fingerprint density at radius 1 is 0.518 bits per heavy atom. The number of fused-ring (bicyclic) bond motifs is 10. The first kappa shape index (κ1) is 37.5. The summed E-state index contributed by atoms with van der Waals surface area (Å²) in [5, 5.41) is 0. The van der Waals surface area contributed by atoms with Crippen LogP contribution < -0.4 is 0 Å². The van der Waals surface area contributed by atoms with Crippen LogP contribution in [-0.2, 0) is 19.2 Å². The van der Waals surface area contributed by atoms with Crippen LogP contribution >= 0.6 is 0 Å². The van der Waals surface area contributed by atoms with E-state index in [0.29, 0.717) is 71.5 Å². The van der Waals surface area contributed by atoms with Crippen molar-refractivity contribution in [3.63, 3.8) is 0 Å². The number of allylic oxidation sites excluding steroid dienone is 4. The molecule has 0 aromatic carbocycles. The van der Waals surface area contributed by atoms with E-state index >= 15 is 0 Å². The molecule has 0 spiro atoms. The van der Waals surface area contributed by atoms with Gasteiger partial charge in [0.1, 0.15) is 0 Å². The number of ketones is 4. The highest BCUT2D eigenvalue weighted by Gasteiger charge is 2.61. The molecule has 0 saturated heterocycles. The Labute approximate surface area is 332 Å². The summed E-state index contributed by atoms with van der Waals surface area (Å²) in [5.74, 6) is 4.60. The minimum absolute atomic E-state index is 0.161. The topological polar surface area (TPSA) is 94.1 Å². The van der Waals surface area contributed by atoms with Crippen LogP contribution in [0.1, 0.15) is 129 Å². The molecule has 0 N–H and O–H groups in total. The van der Waals surface area contributed by atoms with E-state index in [1.165, 1.54) is 11.1 Å². The first-order chi connectivity index (χ1) is 26.8. The molecule has 6 heteroatoms. The predicted octanol–water partition coefficient (Wildman–Crippen LogP) is 10.4. The molecule has 8 aliphatic rings. The number of hydrogen-bond acceptors (Lipinski definition) is 6. The maximum absolute atomic E-state index is 13.4. The number of rotatable bonds is 2. The van der Waals surface area contributed by atoms with Gasteiger partial charge in [-0.25, -0.2) is 0 Å². The Morgan fingerprint density at radius 3 is 1.34 bits per heavy atom. The summed E-state index contributed by atoms with van der Waals surface area (Å²) in [7, 11) is 0. The molecule has 2 aromatic heterocycles. The third kappa shape index (κ3) is 5.94. The monoisotopic (exact) mass is 750 g/mol. The smallest absolute Gasteiger partial charge is 0.165 e. The number of carbonyl (C=O) groups is 4. The lowest BCUT2D eigenvalue weighted by molar-refractivity contribution is -0.131. The number of pyridine rings is 2. The van der Waals surface area contributed by atoms with E-state index in [2.05, 4.69) is 37.7 Å². The van der Waals surface area contributed by atoms with E-state index in [-0.39, 0.29) is 21.7 Å². The maximum Gasteiger partial charge on any atom is 0.165 e. The average Bonchev–Trinajstić information content (AvgIpc) is 3.60. The molecule has 292 valence electrons. The molecule has 8 aliphatic carbocycles. The second-order valence-corrected chi connectivity index (χ2v) is 19.8. The number of hydrogen-bond donors (Lipinski definition) is 0. The van der Waals surface area contributed by atoms with E-state index in [1.54, 1.807) is 12.4 Å². The second-order valence-electron chi connectivity index (χ2n) is 19.8. The largest absolute Gasteiger partial charge is 0.295 e. The Balaban J connectivity index is 0.000000146. The zero-order chi connectivity index (χ0) is 39.0. The zero-order valence-electron chi connectivity index (χ0n) is 33.8.